The number of allylic oxidation sites excluding steroid dienone is 1. The van der Waals surface area contributed by atoms with E-state index in [1.807, 2.05) is 18.2 Å². The van der Waals surface area contributed by atoms with Crippen molar-refractivity contribution in [2.24, 2.45) is 0 Å². The fraction of sp³-hybridized carbons (Fsp3) is 0.500. The Morgan fingerprint density at radius 3 is 2.56 bits per heavy atom. The second kappa shape index (κ2) is 8.76. The zero-order chi connectivity index (χ0) is 13.2. The molecule has 0 aliphatic carbocycles. The maximum absolute atomic E-state index is 9.79. The van der Waals surface area contributed by atoms with Crippen LogP contribution in [0.4, 0.5) is 0 Å². The lowest BCUT2D eigenvalue weighted by Gasteiger charge is -2.05. The Morgan fingerprint density at radius 1 is 1.17 bits per heavy atom. The van der Waals surface area contributed by atoms with Gasteiger partial charge in [-0.05, 0) is 43.4 Å². The third-order valence-corrected chi connectivity index (χ3v) is 3.00. The first-order valence-electron chi connectivity index (χ1n) is 6.85. The second-order valence-electron chi connectivity index (χ2n) is 4.70. The molecule has 0 aliphatic heterocycles. The molecular weight excluding hydrogens is 224 g/mol. The summed E-state index contributed by atoms with van der Waals surface area (Å²) < 4.78 is 0. The van der Waals surface area contributed by atoms with E-state index in [0.717, 1.165) is 24.8 Å². The quantitative estimate of drug-likeness (QED) is 0.542. The maximum atomic E-state index is 9.79. The Balaban J connectivity index is 2.20. The van der Waals surface area contributed by atoms with E-state index in [2.05, 4.69) is 13.0 Å². The number of aliphatic hydroxyl groups is 1. The Kier molecular flexibility index (Phi) is 7.19. The summed E-state index contributed by atoms with van der Waals surface area (Å²) in [7, 11) is 0. The Hall–Kier alpha value is -1.28. The molecule has 0 aromatic heterocycles. The van der Waals surface area contributed by atoms with Crippen molar-refractivity contribution in [1.29, 1.82) is 0 Å². The molecule has 1 rings (SSSR count). The van der Waals surface area contributed by atoms with E-state index in [1.165, 1.54) is 19.3 Å². The normalized spacial score (nSPS) is 13.0. The van der Waals surface area contributed by atoms with Gasteiger partial charge in [0.2, 0.25) is 0 Å². The zero-order valence-electron chi connectivity index (χ0n) is 11.2. The summed E-state index contributed by atoms with van der Waals surface area (Å²) in [6.07, 6.45) is 9.94. The molecule has 0 spiro atoms. The number of phenolic OH excluding ortho intramolecular Hbond substituents is 1. The summed E-state index contributed by atoms with van der Waals surface area (Å²) in [6.45, 7) is 2.19. The molecule has 1 aromatic rings. The average molecular weight is 248 g/mol. The van der Waals surface area contributed by atoms with Crippen molar-refractivity contribution in [3.8, 4) is 5.75 Å². The molecule has 0 amide bonds. The number of rotatable bonds is 8. The van der Waals surface area contributed by atoms with Crippen LogP contribution >= 0.6 is 0 Å². The monoisotopic (exact) mass is 248 g/mol. The minimum atomic E-state index is -0.361. The number of aromatic hydroxyl groups is 1. The first-order valence-corrected chi connectivity index (χ1v) is 6.85. The Bertz CT molecular complexity index is 341. The van der Waals surface area contributed by atoms with Gasteiger partial charge in [0.05, 0.1) is 6.10 Å². The highest BCUT2D eigenvalue weighted by atomic mass is 16.3. The van der Waals surface area contributed by atoms with Crippen molar-refractivity contribution in [3.05, 3.63) is 42.0 Å². The highest BCUT2D eigenvalue weighted by Gasteiger charge is 2.00. The van der Waals surface area contributed by atoms with Gasteiger partial charge in [-0.1, -0.05) is 44.1 Å². The first-order chi connectivity index (χ1) is 8.72. The lowest BCUT2D eigenvalue weighted by Crippen LogP contribution is -2.03. The van der Waals surface area contributed by atoms with Gasteiger partial charge in [-0.2, -0.15) is 0 Å². The molecule has 2 N–H and O–H groups in total. The topological polar surface area (TPSA) is 40.5 Å². The van der Waals surface area contributed by atoms with E-state index >= 15 is 0 Å². The maximum Gasteiger partial charge on any atom is 0.115 e. The Morgan fingerprint density at radius 2 is 1.89 bits per heavy atom. The van der Waals surface area contributed by atoms with Crippen molar-refractivity contribution >= 4 is 0 Å². The van der Waals surface area contributed by atoms with E-state index in [0.29, 0.717) is 0 Å². The number of aryl methyl sites for hydroxylation is 1. The third-order valence-electron chi connectivity index (χ3n) is 3.00. The van der Waals surface area contributed by atoms with E-state index in [-0.39, 0.29) is 11.9 Å². The number of phenols is 1. The number of unbranched alkanes of at least 4 members (excludes halogenated alkanes) is 3. The van der Waals surface area contributed by atoms with Gasteiger partial charge in [-0.25, -0.2) is 0 Å². The second-order valence-corrected chi connectivity index (χ2v) is 4.70. The molecule has 18 heavy (non-hydrogen) atoms. The molecule has 100 valence electrons. The number of hydrogen-bond donors (Lipinski definition) is 2. The lowest BCUT2D eigenvalue weighted by molar-refractivity contribution is 0.212. The molecule has 0 heterocycles. The summed E-state index contributed by atoms with van der Waals surface area (Å²) in [5.41, 5.74) is 1.14. The molecule has 1 atom stereocenters. The van der Waals surface area contributed by atoms with Crippen LogP contribution in [0.3, 0.4) is 0 Å². The SMILES string of the molecule is CCCCC/C=C/C(O)CCc1ccc(O)cc1. The predicted molar refractivity (Wildman–Crippen MR) is 75.7 cm³/mol. The van der Waals surface area contributed by atoms with Crippen molar-refractivity contribution in [3.63, 3.8) is 0 Å². The van der Waals surface area contributed by atoms with Gasteiger partial charge in [0.25, 0.3) is 0 Å². The van der Waals surface area contributed by atoms with E-state index in [4.69, 9.17) is 5.11 Å². The van der Waals surface area contributed by atoms with Gasteiger partial charge in [-0.3, -0.25) is 0 Å². The molecule has 2 heteroatoms. The molecular formula is C16H24O2. The van der Waals surface area contributed by atoms with Gasteiger partial charge in [0, 0.05) is 0 Å². The van der Waals surface area contributed by atoms with Crippen LogP contribution in [0.15, 0.2) is 36.4 Å². The molecule has 1 aromatic carbocycles. The number of hydrogen-bond acceptors (Lipinski definition) is 2. The van der Waals surface area contributed by atoms with E-state index in [1.54, 1.807) is 12.1 Å². The predicted octanol–water partition coefficient (Wildman–Crippen LogP) is 3.82. The third kappa shape index (κ3) is 6.45. The molecule has 2 nitrogen and oxygen atoms in total. The summed E-state index contributed by atoms with van der Waals surface area (Å²) >= 11 is 0. The van der Waals surface area contributed by atoms with E-state index in [9.17, 15) is 5.11 Å². The van der Waals surface area contributed by atoms with Crippen LogP contribution in [0, 0.1) is 0 Å². The van der Waals surface area contributed by atoms with Crippen LogP contribution in [-0.4, -0.2) is 16.3 Å². The summed E-state index contributed by atoms with van der Waals surface area (Å²) in [4.78, 5) is 0. The smallest absolute Gasteiger partial charge is 0.115 e. The minimum absolute atomic E-state index is 0.287. The summed E-state index contributed by atoms with van der Waals surface area (Å²) in [5, 5.41) is 18.9. The van der Waals surface area contributed by atoms with Crippen LogP contribution in [0.25, 0.3) is 0 Å². The molecule has 0 bridgehead atoms. The first kappa shape index (κ1) is 14.8. The number of aliphatic hydroxyl groups excluding tert-OH is 1. The zero-order valence-corrected chi connectivity index (χ0v) is 11.2. The van der Waals surface area contributed by atoms with Crippen molar-refractivity contribution in [1.82, 2.24) is 0 Å². The van der Waals surface area contributed by atoms with Crippen LogP contribution in [0.5, 0.6) is 5.75 Å². The fourth-order valence-corrected chi connectivity index (χ4v) is 1.84. The van der Waals surface area contributed by atoms with Crippen LogP contribution in [-0.2, 0) is 6.42 Å². The van der Waals surface area contributed by atoms with Crippen molar-refractivity contribution < 1.29 is 10.2 Å². The summed E-state index contributed by atoms with van der Waals surface area (Å²) in [6, 6.07) is 7.16. The molecule has 0 radical (unpaired) electrons. The molecule has 0 fully saturated rings. The Labute approximate surface area is 110 Å². The standard InChI is InChI=1S/C16H24O2/c1-2-3-4-5-6-7-15(17)11-8-14-9-12-16(18)13-10-14/h6-7,9-10,12-13,15,17-18H,2-5,8,11H2,1H3/b7-6+. The average Bonchev–Trinajstić information content (AvgIpc) is 2.38. The lowest BCUT2D eigenvalue weighted by atomic mass is 10.1. The van der Waals surface area contributed by atoms with Crippen molar-refractivity contribution in [2.75, 3.05) is 0 Å². The molecule has 1 unspecified atom stereocenters. The van der Waals surface area contributed by atoms with Crippen LogP contribution in [0.1, 0.15) is 44.6 Å². The largest absolute Gasteiger partial charge is 0.508 e. The van der Waals surface area contributed by atoms with Gasteiger partial charge in [0.1, 0.15) is 5.75 Å². The molecule has 0 aliphatic rings. The van der Waals surface area contributed by atoms with Crippen LogP contribution in [0.2, 0.25) is 0 Å². The van der Waals surface area contributed by atoms with Gasteiger partial charge < -0.3 is 10.2 Å². The number of benzene rings is 1. The van der Waals surface area contributed by atoms with Crippen LogP contribution < -0.4 is 0 Å². The minimum Gasteiger partial charge on any atom is -0.508 e. The summed E-state index contributed by atoms with van der Waals surface area (Å²) in [5.74, 6) is 0.287. The fourth-order valence-electron chi connectivity index (χ4n) is 1.84. The van der Waals surface area contributed by atoms with Gasteiger partial charge in [0.15, 0.2) is 0 Å². The van der Waals surface area contributed by atoms with Gasteiger partial charge in [-0.15, -0.1) is 0 Å². The highest BCUT2D eigenvalue weighted by Crippen LogP contribution is 2.12. The molecule has 0 saturated carbocycles. The molecule has 0 saturated heterocycles. The highest BCUT2D eigenvalue weighted by molar-refractivity contribution is 5.25. The van der Waals surface area contributed by atoms with E-state index < -0.39 is 0 Å². The van der Waals surface area contributed by atoms with Gasteiger partial charge >= 0.3 is 0 Å². The van der Waals surface area contributed by atoms with Crippen molar-refractivity contribution in [2.45, 2.75) is 51.6 Å².